The Hall–Kier alpha value is -1.42. The summed E-state index contributed by atoms with van der Waals surface area (Å²) in [6.07, 6.45) is 0. The molecule has 0 unspecified atom stereocenters. The quantitative estimate of drug-likeness (QED) is 0.335. The van der Waals surface area contributed by atoms with E-state index in [-0.39, 0.29) is 5.41 Å². The van der Waals surface area contributed by atoms with Gasteiger partial charge in [-0.25, -0.2) is 13.1 Å². The largest absolute Gasteiger partial charge is 0.357 e. The van der Waals surface area contributed by atoms with E-state index >= 15 is 0 Å². The topological polar surface area (TPSA) is 82.6 Å². The third kappa shape index (κ3) is 6.08. The molecule has 144 valence electrons. The van der Waals surface area contributed by atoms with Crippen LogP contribution in [0.5, 0.6) is 0 Å². The summed E-state index contributed by atoms with van der Waals surface area (Å²) in [4.78, 5) is 5.94. The third-order valence-electron chi connectivity index (χ3n) is 3.63. The van der Waals surface area contributed by atoms with Crippen molar-refractivity contribution in [3.63, 3.8) is 0 Å². The first-order valence-electron chi connectivity index (χ1n) is 8.44. The van der Waals surface area contributed by atoms with Gasteiger partial charge in [-0.1, -0.05) is 26.0 Å². The van der Waals surface area contributed by atoms with Gasteiger partial charge in [0.15, 0.2) is 5.96 Å². The van der Waals surface area contributed by atoms with Gasteiger partial charge in [0.25, 0.3) is 0 Å². The molecular weight excluding hydrogens is 388 g/mol. The predicted molar refractivity (Wildman–Crippen MR) is 111 cm³/mol. The van der Waals surface area contributed by atoms with Crippen molar-refractivity contribution < 1.29 is 8.42 Å². The highest BCUT2D eigenvalue weighted by atomic mass is 32.2. The van der Waals surface area contributed by atoms with E-state index in [1.807, 2.05) is 6.92 Å². The number of guanidine groups is 1. The zero-order valence-electron chi connectivity index (χ0n) is 15.3. The Kier molecular flexibility index (Phi) is 7.63. The number of aliphatic imine (C=N–C) groups is 1. The van der Waals surface area contributed by atoms with Gasteiger partial charge in [0, 0.05) is 29.9 Å². The van der Waals surface area contributed by atoms with E-state index in [4.69, 9.17) is 0 Å². The molecule has 0 radical (unpaired) electrons. The van der Waals surface area contributed by atoms with Crippen LogP contribution >= 0.6 is 22.7 Å². The maximum absolute atomic E-state index is 12.1. The molecule has 0 saturated carbocycles. The fourth-order valence-corrected chi connectivity index (χ4v) is 5.13. The molecule has 0 aromatic carbocycles. The lowest BCUT2D eigenvalue weighted by molar-refractivity contribution is 0.548. The van der Waals surface area contributed by atoms with Crippen LogP contribution in [0, 0.1) is 0 Å². The Balaban J connectivity index is 1.86. The van der Waals surface area contributed by atoms with E-state index in [0.29, 0.717) is 29.8 Å². The SMILES string of the molecule is CCNC(=NCC(C)(C)c1cccs1)NCCNS(=O)(=O)c1cccs1. The number of hydrogen-bond donors (Lipinski definition) is 3. The van der Waals surface area contributed by atoms with Crippen LogP contribution in [0.1, 0.15) is 25.6 Å². The summed E-state index contributed by atoms with van der Waals surface area (Å²) in [5, 5.41) is 10.2. The normalized spacial score (nSPS) is 13.0. The number of hydrogen-bond acceptors (Lipinski definition) is 5. The van der Waals surface area contributed by atoms with Crippen LogP contribution in [-0.2, 0) is 15.4 Å². The zero-order chi connectivity index (χ0) is 19.0. The number of rotatable bonds is 9. The summed E-state index contributed by atoms with van der Waals surface area (Å²) in [5.41, 5.74) is -0.0444. The molecule has 0 amide bonds. The van der Waals surface area contributed by atoms with E-state index in [9.17, 15) is 8.42 Å². The van der Waals surface area contributed by atoms with Gasteiger partial charge < -0.3 is 10.6 Å². The summed E-state index contributed by atoms with van der Waals surface area (Å²) in [6.45, 7) is 8.47. The molecule has 9 heteroatoms. The Bertz CT molecular complexity index is 782. The fraction of sp³-hybridized carbons (Fsp3) is 0.471. The van der Waals surface area contributed by atoms with Crippen molar-refractivity contribution in [1.82, 2.24) is 15.4 Å². The maximum atomic E-state index is 12.1. The molecule has 2 aromatic heterocycles. The van der Waals surface area contributed by atoms with Crippen LogP contribution in [-0.4, -0.2) is 40.6 Å². The van der Waals surface area contributed by atoms with Crippen LogP contribution < -0.4 is 15.4 Å². The van der Waals surface area contributed by atoms with Crippen molar-refractivity contribution >= 4 is 38.7 Å². The van der Waals surface area contributed by atoms with Gasteiger partial charge >= 0.3 is 0 Å². The van der Waals surface area contributed by atoms with Gasteiger partial charge in [0.05, 0.1) is 6.54 Å². The molecule has 0 fully saturated rings. The second-order valence-electron chi connectivity index (χ2n) is 6.31. The van der Waals surface area contributed by atoms with Gasteiger partial charge in [0.1, 0.15) is 4.21 Å². The number of sulfonamides is 1. The van der Waals surface area contributed by atoms with Crippen molar-refractivity contribution in [2.45, 2.75) is 30.4 Å². The predicted octanol–water partition coefficient (Wildman–Crippen LogP) is 2.62. The smallest absolute Gasteiger partial charge is 0.250 e. The van der Waals surface area contributed by atoms with Gasteiger partial charge in [-0.15, -0.1) is 22.7 Å². The van der Waals surface area contributed by atoms with Crippen molar-refractivity contribution in [1.29, 1.82) is 0 Å². The minimum absolute atomic E-state index is 0.0444. The average Bonchev–Trinajstić information content (AvgIpc) is 3.30. The molecule has 2 aromatic rings. The molecule has 3 N–H and O–H groups in total. The second-order valence-corrected chi connectivity index (χ2v) is 10.2. The highest BCUT2D eigenvalue weighted by molar-refractivity contribution is 7.91. The molecule has 0 atom stereocenters. The van der Waals surface area contributed by atoms with Crippen molar-refractivity contribution in [3.05, 3.63) is 39.9 Å². The van der Waals surface area contributed by atoms with Crippen LogP contribution in [0.3, 0.4) is 0 Å². The lowest BCUT2D eigenvalue weighted by Gasteiger charge is -2.21. The van der Waals surface area contributed by atoms with E-state index in [0.717, 1.165) is 6.54 Å². The first kappa shape index (κ1) is 20.9. The van der Waals surface area contributed by atoms with E-state index in [1.165, 1.54) is 16.2 Å². The summed E-state index contributed by atoms with van der Waals surface area (Å²) >= 11 is 2.94. The molecule has 0 aliphatic carbocycles. The Morgan fingerprint density at radius 1 is 1.12 bits per heavy atom. The molecule has 2 rings (SSSR count). The van der Waals surface area contributed by atoms with E-state index < -0.39 is 10.0 Å². The number of nitrogens with zero attached hydrogens (tertiary/aromatic N) is 1. The average molecular weight is 415 g/mol. The highest BCUT2D eigenvalue weighted by Gasteiger charge is 2.21. The van der Waals surface area contributed by atoms with Crippen LogP contribution in [0.25, 0.3) is 0 Å². The lowest BCUT2D eigenvalue weighted by atomic mass is 9.92. The molecule has 0 spiro atoms. The number of nitrogens with one attached hydrogen (secondary N) is 3. The minimum atomic E-state index is -3.42. The lowest BCUT2D eigenvalue weighted by Crippen LogP contribution is -2.42. The standard InChI is InChI=1S/C17H26N4O2S3/c1-4-18-16(20-13-17(2,3)14-7-5-11-24-14)19-9-10-21-26(22,23)15-8-6-12-25-15/h5-8,11-12,21H,4,9-10,13H2,1-3H3,(H2,18,19,20). The molecule has 0 aliphatic rings. The van der Waals surface area contributed by atoms with Crippen LogP contribution in [0.15, 0.2) is 44.2 Å². The van der Waals surface area contributed by atoms with Crippen molar-refractivity contribution in [3.8, 4) is 0 Å². The van der Waals surface area contributed by atoms with Crippen molar-refractivity contribution in [2.75, 3.05) is 26.2 Å². The second kappa shape index (κ2) is 9.50. The fourth-order valence-electron chi connectivity index (χ4n) is 2.21. The molecule has 0 aliphatic heterocycles. The molecule has 6 nitrogen and oxygen atoms in total. The Morgan fingerprint density at radius 3 is 2.46 bits per heavy atom. The Labute approximate surface area is 163 Å². The molecule has 0 bridgehead atoms. The summed E-state index contributed by atoms with van der Waals surface area (Å²) < 4.78 is 27.1. The summed E-state index contributed by atoms with van der Waals surface area (Å²) in [6, 6.07) is 7.50. The third-order valence-corrected chi connectivity index (χ3v) is 7.73. The molecule has 0 saturated heterocycles. The Morgan fingerprint density at radius 2 is 1.85 bits per heavy atom. The minimum Gasteiger partial charge on any atom is -0.357 e. The van der Waals surface area contributed by atoms with Crippen molar-refractivity contribution in [2.24, 2.45) is 4.99 Å². The monoisotopic (exact) mass is 414 g/mol. The summed E-state index contributed by atoms with van der Waals surface area (Å²) in [7, 11) is -3.42. The maximum Gasteiger partial charge on any atom is 0.250 e. The summed E-state index contributed by atoms with van der Waals surface area (Å²) in [5.74, 6) is 0.687. The first-order chi connectivity index (χ1) is 12.3. The van der Waals surface area contributed by atoms with Crippen LogP contribution in [0.2, 0.25) is 0 Å². The molecule has 2 heterocycles. The first-order valence-corrected chi connectivity index (χ1v) is 11.7. The van der Waals surface area contributed by atoms with Gasteiger partial charge in [-0.3, -0.25) is 4.99 Å². The van der Waals surface area contributed by atoms with Gasteiger partial charge in [-0.05, 0) is 29.8 Å². The van der Waals surface area contributed by atoms with Gasteiger partial charge in [-0.2, -0.15) is 0 Å². The van der Waals surface area contributed by atoms with E-state index in [2.05, 4.69) is 51.7 Å². The zero-order valence-corrected chi connectivity index (χ0v) is 17.7. The van der Waals surface area contributed by atoms with Crippen LogP contribution in [0.4, 0.5) is 0 Å². The molecule has 26 heavy (non-hydrogen) atoms. The van der Waals surface area contributed by atoms with E-state index in [1.54, 1.807) is 28.8 Å². The molecular formula is C17H26N4O2S3. The highest BCUT2D eigenvalue weighted by Crippen LogP contribution is 2.27. The van der Waals surface area contributed by atoms with Gasteiger partial charge in [0.2, 0.25) is 10.0 Å². The number of thiophene rings is 2.